The molecule has 0 aromatic heterocycles. The van der Waals surface area contributed by atoms with Gasteiger partial charge in [-0.25, -0.2) is 8.42 Å². The molecule has 0 aliphatic heterocycles. The maximum Gasteiger partial charge on any atom is 0.192 e. The average molecular weight is 346 g/mol. The van der Waals surface area contributed by atoms with Crippen LogP contribution in [0.3, 0.4) is 0 Å². The highest BCUT2D eigenvalue weighted by molar-refractivity contribution is 7.94. The van der Waals surface area contributed by atoms with E-state index in [-0.39, 0.29) is 17.1 Å². The van der Waals surface area contributed by atoms with Gasteiger partial charge in [-0.15, -0.1) is 0 Å². The standard InChI is InChI=1S/C20H26O3S/c1-13(2)16-10-9-14(3)19-12-11-17(21)20(19,18(16)19)24(22,23)15-7-5-4-6-8-15/h4-8,13-14,16,18H,9-12H2,1-3H3/t14-,16+,18+,19-,20+/m0/s1. The maximum atomic E-state index is 13.7. The van der Waals surface area contributed by atoms with Crippen molar-refractivity contribution in [2.75, 3.05) is 0 Å². The Hall–Kier alpha value is -1.16. The fourth-order valence-electron chi connectivity index (χ4n) is 6.38. The van der Waals surface area contributed by atoms with E-state index in [9.17, 15) is 13.2 Å². The van der Waals surface area contributed by atoms with Crippen LogP contribution in [0.25, 0.3) is 0 Å². The van der Waals surface area contributed by atoms with Gasteiger partial charge in [0.05, 0.1) is 4.90 Å². The normalized spacial score (nSPS) is 41.2. The van der Waals surface area contributed by atoms with Crippen LogP contribution in [0.15, 0.2) is 35.2 Å². The van der Waals surface area contributed by atoms with Crippen LogP contribution >= 0.6 is 0 Å². The van der Waals surface area contributed by atoms with Gasteiger partial charge in [-0.3, -0.25) is 4.79 Å². The predicted molar refractivity (Wildman–Crippen MR) is 93.2 cm³/mol. The second-order valence-corrected chi connectivity index (χ2v) is 10.5. The molecule has 0 bridgehead atoms. The monoisotopic (exact) mass is 346 g/mol. The van der Waals surface area contributed by atoms with E-state index in [4.69, 9.17) is 0 Å². The average Bonchev–Trinajstić information content (AvgIpc) is 3.09. The van der Waals surface area contributed by atoms with Crippen molar-refractivity contribution in [1.29, 1.82) is 0 Å². The molecule has 0 saturated heterocycles. The van der Waals surface area contributed by atoms with Crippen molar-refractivity contribution in [2.24, 2.45) is 29.1 Å². The molecule has 4 rings (SSSR count). The second kappa shape index (κ2) is 4.94. The number of rotatable bonds is 3. The SMILES string of the molecule is CC(C)[C@H]1CC[C@H](C)[C@]23CCC(=O)[C@@]2(S(=O)(=O)c2ccccc2)[C@H]13. The van der Waals surface area contributed by atoms with Gasteiger partial charge in [0.2, 0.25) is 0 Å². The lowest BCUT2D eigenvalue weighted by Crippen LogP contribution is -2.36. The number of hydrogen-bond donors (Lipinski definition) is 0. The van der Waals surface area contributed by atoms with Crippen molar-refractivity contribution in [1.82, 2.24) is 0 Å². The molecule has 1 aromatic carbocycles. The molecule has 0 heterocycles. The number of benzene rings is 1. The largest absolute Gasteiger partial charge is 0.298 e. The second-order valence-electron chi connectivity index (χ2n) is 8.38. The van der Waals surface area contributed by atoms with Gasteiger partial charge in [0.15, 0.2) is 15.6 Å². The molecule has 3 saturated carbocycles. The molecular weight excluding hydrogens is 320 g/mol. The fourth-order valence-corrected chi connectivity index (χ4v) is 9.26. The highest BCUT2D eigenvalue weighted by Crippen LogP contribution is 2.82. The zero-order chi connectivity index (χ0) is 17.3. The highest BCUT2D eigenvalue weighted by Gasteiger charge is 2.91. The van der Waals surface area contributed by atoms with Gasteiger partial charge < -0.3 is 0 Å². The van der Waals surface area contributed by atoms with Crippen molar-refractivity contribution in [2.45, 2.75) is 56.1 Å². The summed E-state index contributed by atoms with van der Waals surface area (Å²) in [6.07, 6.45) is 3.27. The Morgan fingerprint density at radius 1 is 1.12 bits per heavy atom. The van der Waals surface area contributed by atoms with Crippen molar-refractivity contribution in [3.8, 4) is 0 Å². The summed E-state index contributed by atoms with van der Waals surface area (Å²) in [5.41, 5.74) is -0.314. The first kappa shape index (κ1) is 16.3. The predicted octanol–water partition coefficient (Wildman–Crippen LogP) is 3.88. The van der Waals surface area contributed by atoms with Crippen LogP contribution in [-0.2, 0) is 14.6 Å². The van der Waals surface area contributed by atoms with Gasteiger partial charge in [0.1, 0.15) is 4.75 Å². The Labute approximate surface area is 144 Å². The van der Waals surface area contributed by atoms with E-state index in [1.54, 1.807) is 24.3 Å². The number of ketones is 1. The third-order valence-electron chi connectivity index (χ3n) is 7.36. The Kier molecular flexibility index (Phi) is 3.36. The molecule has 3 aliphatic rings. The van der Waals surface area contributed by atoms with Crippen LogP contribution in [0.4, 0.5) is 0 Å². The van der Waals surface area contributed by atoms with E-state index in [0.29, 0.717) is 29.1 Å². The number of fused-ring (bicyclic) bond motifs is 1. The minimum absolute atomic E-state index is 0.0141. The van der Waals surface area contributed by atoms with Crippen LogP contribution in [0, 0.1) is 29.1 Å². The van der Waals surface area contributed by atoms with E-state index in [0.717, 1.165) is 19.3 Å². The minimum Gasteiger partial charge on any atom is -0.298 e. The van der Waals surface area contributed by atoms with Gasteiger partial charge in [0, 0.05) is 11.8 Å². The molecule has 130 valence electrons. The summed E-state index contributed by atoms with van der Waals surface area (Å²) >= 11 is 0. The van der Waals surface area contributed by atoms with Crippen molar-refractivity contribution >= 4 is 15.6 Å². The minimum atomic E-state index is -3.65. The van der Waals surface area contributed by atoms with Crippen molar-refractivity contribution in [3.05, 3.63) is 30.3 Å². The third kappa shape index (κ3) is 1.59. The number of hydrogen-bond acceptors (Lipinski definition) is 3. The molecule has 5 atom stereocenters. The number of carbonyl (C=O) groups is 1. The molecule has 3 fully saturated rings. The van der Waals surface area contributed by atoms with E-state index >= 15 is 0 Å². The molecule has 3 nitrogen and oxygen atoms in total. The smallest absolute Gasteiger partial charge is 0.192 e. The first-order valence-electron chi connectivity index (χ1n) is 9.14. The maximum absolute atomic E-state index is 13.7. The van der Waals surface area contributed by atoms with Crippen LogP contribution in [0.2, 0.25) is 0 Å². The van der Waals surface area contributed by atoms with Crippen LogP contribution in [-0.4, -0.2) is 18.9 Å². The Morgan fingerprint density at radius 2 is 1.79 bits per heavy atom. The number of sulfone groups is 1. The van der Waals surface area contributed by atoms with Crippen LogP contribution in [0.1, 0.15) is 46.5 Å². The summed E-state index contributed by atoms with van der Waals surface area (Å²) in [4.78, 5) is 13.4. The van der Waals surface area contributed by atoms with Crippen LogP contribution < -0.4 is 0 Å². The van der Waals surface area contributed by atoms with Gasteiger partial charge in [-0.1, -0.05) is 39.0 Å². The van der Waals surface area contributed by atoms with Crippen molar-refractivity contribution in [3.63, 3.8) is 0 Å². The molecule has 3 aliphatic carbocycles. The summed E-state index contributed by atoms with van der Waals surface area (Å²) in [6, 6.07) is 8.64. The molecule has 0 N–H and O–H groups in total. The molecule has 0 radical (unpaired) electrons. The molecule has 1 spiro atoms. The van der Waals surface area contributed by atoms with Gasteiger partial charge in [0.25, 0.3) is 0 Å². The lowest BCUT2D eigenvalue weighted by molar-refractivity contribution is -0.118. The third-order valence-corrected chi connectivity index (χ3v) is 9.96. The highest BCUT2D eigenvalue weighted by atomic mass is 32.2. The number of Topliss-reactive ketones (excluding diaryl/α,β-unsaturated/α-hetero) is 1. The zero-order valence-corrected chi connectivity index (χ0v) is 15.5. The summed E-state index contributed by atoms with van der Waals surface area (Å²) in [5.74, 6) is 1.06. The summed E-state index contributed by atoms with van der Waals surface area (Å²) in [7, 11) is -3.65. The van der Waals surface area contributed by atoms with E-state index in [2.05, 4.69) is 20.8 Å². The quantitative estimate of drug-likeness (QED) is 0.834. The Balaban J connectivity index is 1.93. The van der Waals surface area contributed by atoms with E-state index < -0.39 is 14.6 Å². The molecule has 24 heavy (non-hydrogen) atoms. The molecule has 0 unspecified atom stereocenters. The fraction of sp³-hybridized carbons (Fsp3) is 0.650. The van der Waals surface area contributed by atoms with Crippen LogP contribution in [0.5, 0.6) is 0 Å². The van der Waals surface area contributed by atoms with Gasteiger partial charge in [-0.05, 0) is 55.1 Å². The Morgan fingerprint density at radius 3 is 2.42 bits per heavy atom. The molecule has 1 aromatic rings. The molecular formula is C20H26O3S. The van der Waals surface area contributed by atoms with E-state index in [1.807, 2.05) is 6.07 Å². The first-order valence-corrected chi connectivity index (χ1v) is 10.6. The topological polar surface area (TPSA) is 51.2 Å². The molecule has 4 heteroatoms. The van der Waals surface area contributed by atoms with Gasteiger partial charge >= 0.3 is 0 Å². The summed E-state index contributed by atoms with van der Waals surface area (Å²) in [6.45, 7) is 6.52. The van der Waals surface area contributed by atoms with Crippen molar-refractivity contribution < 1.29 is 13.2 Å². The van der Waals surface area contributed by atoms with Gasteiger partial charge in [-0.2, -0.15) is 0 Å². The first-order chi connectivity index (χ1) is 11.3. The number of carbonyl (C=O) groups excluding carboxylic acids is 1. The molecule has 0 amide bonds. The summed E-state index contributed by atoms with van der Waals surface area (Å²) < 4.78 is 26.2. The van der Waals surface area contributed by atoms with E-state index in [1.165, 1.54) is 0 Å². The summed E-state index contributed by atoms with van der Waals surface area (Å²) in [5, 5.41) is 0. The Bertz CT molecular complexity index is 782. The lowest BCUT2D eigenvalue weighted by atomic mass is 9.70. The lowest BCUT2D eigenvalue weighted by Gasteiger charge is -2.34. The zero-order valence-electron chi connectivity index (χ0n) is 14.7.